The summed E-state index contributed by atoms with van der Waals surface area (Å²) in [5.41, 5.74) is 1.50. The van der Waals surface area contributed by atoms with E-state index in [1.54, 1.807) is 12.1 Å². The van der Waals surface area contributed by atoms with Gasteiger partial charge >= 0.3 is 0 Å². The number of anilines is 2. The molecule has 0 spiro atoms. The van der Waals surface area contributed by atoms with Crippen LogP contribution < -0.4 is 21.1 Å². The Labute approximate surface area is 199 Å². The Morgan fingerprint density at radius 3 is 2.94 bits per heavy atom. The van der Waals surface area contributed by atoms with Crippen molar-refractivity contribution < 1.29 is 9.59 Å². The van der Waals surface area contributed by atoms with Gasteiger partial charge in [0, 0.05) is 30.3 Å². The maximum absolute atomic E-state index is 13.0. The zero-order valence-corrected chi connectivity index (χ0v) is 20.0. The summed E-state index contributed by atoms with van der Waals surface area (Å²) >= 11 is 7.26. The zero-order valence-electron chi connectivity index (χ0n) is 18.4. The smallest absolute Gasteiger partial charge is 0.273 e. The highest BCUT2D eigenvalue weighted by atomic mass is 35.5. The van der Waals surface area contributed by atoms with Crippen molar-refractivity contribution in [3.05, 3.63) is 45.5 Å². The largest absolute Gasteiger partial charge is 0.356 e. The maximum atomic E-state index is 13.0. The number of carbonyl (C=O) groups is 2. The first-order chi connectivity index (χ1) is 15.9. The van der Waals surface area contributed by atoms with E-state index < -0.39 is 0 Å². The highest BCUT2D eigenvalue weighted by Crippen LogP contribution is 2.29. The summed E-state index contributed by atoms with van der Waals surface area (Å²) in [6, 6.07) is 5.23. The number of halogens is 1. The third-order valence-corrected chi connectivity index (χ3v) is 6.90. The number of hydrogen-bond acceptors (Lipinski definition) is 7. The third kappa shape index (κ3) is 5.17. The van der Waals surface area contributed by atoms with Crippen LogP contribution in [0.3, 0.4) is 0 Å². The van der Waals surface area contributed by atoms with Gasteiger partial charge in [-0.1, -0.05) is 29.0 Å². The van der Waals surface area contributed by atoms with Gasteiger partial charge in [-0.05, 0) is 44.4 Å². The van der Waals surface area contributed by atoms with E-state index in [0.29, 0.717) is 39.3 Å². The number of rotatable bonds is 6. The fraction of sp³-hybridized carbons (Fsp3) is 0.409. The van der Waals surface area contributed by atoms with Crippen LogP contribution in [0, 0.1) is 12.8 Å². The second-order valence-corrected chi connectivity index (χ2v) is 9.43. The first-order valence-corrected chi connectivity index (χ1v) is 12.0. The average Bonchev–Trinajstić information content (AvgIpc) is 3.24. The Bertz CT molecular complexity index is 1260. The molecule has 1 aliphatic rings. The van der Waals surface area contributed by atoms with Crippen LogP contribution in [0.4, 0.5) is 10.8 Å². The van der Waals surface area contributed by atoms with Gasteiger partial charge in [-0.2, -0.15) is 4.98 Å². The molecule has 1 fully saturated rings. The molecule has 2 aromatic heterocycles. The number of thiazole rings is 1. The van der Waals surface area contributed by atoms with Gasteiger partial charge in [0.1, 0.15) is 17.6 Å². The Hall–Kier alpha value is -2.98. The van der Waals surface area contributed by atoms with Crippen LogP contribution in [0.15, 0.2) is 29.3 Å². The van der Waals surface area contributed by atoms with Gasteiger partial charge in [0.05, 0.1) is 5.92 Å². The first kappa shape index (κ1) is 23.2. The summed E-state index contributed by atoms with van der Waals surface area (Å²) in [7, 11) is 0. The van der Waals surface area contributed by atoms with Crippen molar-refractivity contribution in [2.24, 2.45) is 5.92 Å². The van der Waals surface area contributed by atoms with E-state index in [4.69, 9.17) is 11.6 Å². The van der Waals surface area contributed by atoms with Gasteiger partial charge in [-0.3, -0.25) is 19.0 Å². The monoisotopic (exact) mass is 488 g/mol. The SMILES string of the molecule is CCNC(=O)[C@H]1CCCN(c2nc3ncn(CC(=O)Nc4cc(Cl)ccc4C)c(=O)c3s2)C1. The van der Waals surface area contributed by atoms with Gasteiger partial charge in [-0.15, -0.1) is 0 Å². The molecule has 0 radical (unpaired) electrons. The number of benzene rings is 1. The van der Waals surface area contributed by atoms with E-state index in [1.165, 1.54) is 22.2 Å². The number of fused-ring (bicyclic) bond motifs is 1. The zero-order chi connectivity index (χ0) is 23.5. The molecule has 33 heavy (non-hydrogen) atoms. The number of amides is 2. The van der Waals surface area contributed by atoms with Crippen molar-refractivity contribution in [2.45, 2.75) is 33.2 Å². The molecular weight excluding hydrogens is 464 g/mol. The summed E-state index contributed by atoms with van der Waals surface area (Å²) in [5.74, 6) is -0.409. The van der Waals surface area contributed by atoms with Crippen molar-refractivity contribution in [3.8, 4) is 0 Å². The molecule has 0 aliphatic carbocycles. The third-order valence-electron chi connectivity index (χ3n) is 5.57. The molecule has 3 aromatic rings. The summed E-state index contributed by atoms with van der Waals surface area (Å²) < 4.78 is 1.66. The predicted molar refractivity (Wildman–Crippen MR) is 130 cm³/mol. The highest BCUT2D eigenvalue weighted by molar-refractivity contribution is 7.22. The molecule has 0 saturated carbocycles. The number of aromatic nitrogens is 3. The molecule has 2 amide bonds. The van der Waals surface area contributed by atoms with Gasteiger partial charge in [0.2, 0.25) is 11.8 Å². The molecule has 1 aliphatic heterocycles. The normalized spacial score (nSPS) is 16.1. The molecule has 2 N–H and O–H groups in total. The van der Waals surface area contributed by atoms with Crippen molar-refractivity contribution in [1.29, 1.82) is 0 Å². The molecule has 3 heterocycles. The molecule has 4 rings (SSSR count). The van der Waals surface area contributed by atoms with Crippen molar-refractivity contribution >= 4 is 55.9 Å². The van der Waals surface area contributed by atoms with E-state index in [1.807, 2.05) is 24.8 Å². The second-order valence-electron chi connectivity index (χ2n) is 8.01. The lowest BCUT2D eigenvalue weighted by molar-refractivity contribution is -0.125. The molecule has 174 valence electrons. The first-order valence-electron chi connectivity index (χ1n) is 10.8. The van der Waals surface area contributed by atoms with Crippen molar-refractivity contribution in [3.63, 3.8) is 0 Å². The van der Waals surface area contributed by atoms with E-state index in [2.05, 4.69) is 20.6 Å². The standard InChI is InChI=1S/C22H25ClN6O3S/c1-3-24-20(31)14-5-4-8-28(10-14)22-27-19-18(33-22)21(32)29(12-25-19)11-17(30)26-16-9-15(23)7-6-13(16)2/h6-7,9,12,14H,3-5,8,10-11H2,1-2H3,(H,24,31)(H,26,30)/t14-/m0/s1. The molecule has 1 aromatic carbocycles. The average molecular weight is 489 g/mol. The van der Waals surface area contributed by atoms with Crippen LogP contribution in [-0.2, 0) is 16.1 Å². The van der Waals surface area contributed by atoms with E-state index >= 15 is 0 Å². The van der Waals surface area contributed by atoms with Gasteiger partial charge in [0.25, 0.3) is 5.56 Å². The van der Waals surface area contributed by atoms with Crippen LogP contribution in [0.2, 0.25) is 5.02 Å². The summed E-state index contributed by atoms with van der Waals surface area (Å²) in [5, 5.41) is 6.85. The lowest BCUT2D eigenvalue weighted by atomic mass is 9.97. The number of carbonyl (C=O) groups excluding carboxylic acids is 2. The minimum absolute atomic E-state index is 0.0461. The van der Waals surface area contributed by atoms with Crippen LogP contribution in [0.5, 0.6) is 0 Å². The van der Waals surface area contributed by atoms with E-state index in [0.717, 1.165) is 24.9 Å². The number of nitrogens with one attached hydrogen (secondary N) is 2. The lowest BCUT2D eigenvalue weighted by Crippen LogP contribution is -2.43. The van der Waals surface area contributed by atoms with Crippen molar-refractivity contribution in [2.75, 3.05) is 29.9 Å². The summed E-state index contributed by atoms with van der Waals surface area (Å²) in [6.07, 6.45) is 3.05. The lowest BCUT2D eigenvalue weighted by Gasteiger charge is -2.31. The number of hydrogen-bond donors (Lipinski definition) is 2. The molecule has 11 heteroatoms. The molecular formula is C22H25ClN6O3S. The van der Waals surface area contributed by atoms with Gasteiger partial charge in [-0.25, -0.2) is 4.98 Å². The number of piperidine rings is 1. The van der Waals surface area contributed by atoms with Crippen LogP contribution >= 0.6 is 22.9 Å². The molecule has 1 saturated heterocycles. The molecule has 0 bridgehead atoms. The number of nitrogens with zero attached hydrogens (tertiary/aromatic N) is 4. The fourth-order valence-corrected chi connectivity index (χ4v) is 5.02. The van der Waals surface area contributed by atoms with Crippen LogP contribution in [0.1, 0.15) is 25.3 Å². The minimum Gasteiger partial charge on any atom is -0.356 e. The Balaban J connectivity index is 1.51. The Kier molecular flexibility index (Phi) is 6.94. The summed E-state index contributed by atoms with van der Waals surface area (Å²) in [4.78, 5) is 48.6. The quantitative estimate of drug-likeness (QED) is 0.552. The second kappa shape index (κ2) is 9.88. The fourth-order valence-electron chi connectivity index (χ4n) is 3.84. The Morgan fingerprint density at radius 1 is 1.33 bits per heavy atom. The molecule has 9 nitrogen and oxygen atoms in total. The van der Waals surface area contributed by atoms with Crippen LogP contribution in [-0.4, -0.2) is 46.0 Å². The highest BCUT2D eigenvalue weighted by Gasteiger charge is 2.27. The maximum Gasteiger partial charge on any atom is 0.273 e. The Morgan fingerprint density at radius 2 is 2.15 bits per heavy atom. The van der Waals surface area contributed by atoms with Gasteiger partial charge < -0.3 is 15.5 Å². The predicted octanol–water partition coefficient (Wildman–Crippen LogP) is 2.81. The minimum atomic E-state index is -0.353. The molecule has 1 atom stereocenters. The summed E-state index contributed by atoms with van der Waals surface area (Å²) in [6.45, 7) is 5.52. The topological polar surface area (TPSA) is 109 Å². The van der Waals surface area contributed by atoms with E-state index in [9.17, 15) is 14.4 Å². The van der Waals surface area contributed by atoms with Crippen LogP contribution in [0.25, 0.3) is 10.3 Å². The van der Waals surface area contributed by atoms with E-state index in [-0.39, 0.29) is 29.8 Å². The van der Waals surface area contributed by atoms with Gasteiger partial charge in [0.15, 0.2) is 10.8 Å². The number of aryl methyl sites for hydroxylation is 1. The van der Waals surface area contributed by atoms with Crippen molar-refractivity contribution in [1.82, 2.24) is 19.9 Å². The molecule has 0 unspecified atom stereocenters.